The number of hydrogen-bond donors (Lipinski definition) is 1. The highest BCUT2D eigenvalue weighted by molar-refractivity contribution is 9.10. The van der Waals surface area contributed by atoms with Gasteiger partial charge in [0.05, 0.1) is 0 Å². The van der Waals surface area contributed by atoms with Gasteiger partial charge in [-0.2, -0.15) is 0 Å². The average molecular weight is 280 g/mol. The quantitative estimate of drug-likeness (QED) is 0.827. The molecule has 0 bridgehead atoms. The molecule has 1 heterocycles. The summed E-state index contributed by atoms with van der Waals surface area (Å²) in [7, 11) is 0. The summed E-state index contributed by atoms with van der Waals surface area (Å²) in [4.78, 5) is 0. The maximum absolute atomic E-state index is 3.61. The minimum atomic E-state index is 0.570. The zero-order valence-corrected chi connectivity index (χ0v) is 11.1. The van der Waals surface area contributed by atoms with Crippen molar-refractivity contribution < 1.29 is 0 Å². The molecule has 1 aliphatic carbocycles. The van der Waals surface area contributed by atoms with Crippen molar-refractivity contribution in [2.75, 3.05) is 13.1 Å². The van der Waals surface area contributed by atoms with Crippen molar-refractivity contribution in [3.8, 4) is 0 Å². The molecule has 16 heavy (non-hydrogen) atoms. The predicted octanol–water partition coefficient (Wildman–Crippen LogP) is 3.70. The molecule has 1 aromatic rings. The Hall–Kier alpha value is -0.340. The number of rotatable bonds is 1. The van der Waals surface area contributed by atoms with Crippen LogP contribution in [0.1, 0.15) is 37.2 Å². The molecule has 2 aliphatic rings. The molecule has 1 saturated carbocycles. The summed E-state index contributed by atoms with van der Waals surface area (Å²) in [6, 6.07) is 8.88. The first kappa shape index (κ1) is 10.8. The molecule has 0 aromatic heterocycles. The van der Waals surface area contributed by atoms with Gasteiger partial charge in [-0.25, -0.2) is 0 Å². The van der Waals surface area contributed by atoms with E-state index in [0.717, 1.165) is 12.5 Å². The molecule has 3 rings (SSSR count). The second-order valence-electron chi connectivity index (χ2n) is 5.31. The van der Waals surface area contributed by atoms with Gasteiger partial charge in [-0.1, -0.05) is 40.9 Å². The number of benzene rings is 1. The van der Waals surface area contributed by atoms with E-state index < -0.39 is 0 Å². The fourth-order valence-electron chi connectivity index (χ4n) is 3.60. The smallest absolute Gasteiger partial charge is 0.0178 e. The van der Waals surface area contributed by atoms with Crippen molar-refractivity contribution >= 4 is 15.9 Å². The van der Waals surface area contributed by atoms with Gasteiger partial charge in [-0.05, 0) is 36.0 Å². The Balaban J connectivity index is 1.94. The molecule has 86 valence electrons. The molecule has 0 radical (unpaired) electrons. The van der Waals surface area contributed by atoms with Crippen molar-refractivity contribution in [1.82, 2.24) is 5.32 Å². The molecule has 1 saturated heterocycles. The Kier molecular flexibility index (Phi) is 2.80. The van der Waals surface area contributed by atoms with Gasteiger partial charge in [0.15, 0.2) is 0 Å². The summed E-state index contributed by atoms with van der Waals surface area (Å²) in [6.07, 6.45) is 5.67. The molecular weight excluding hydrogens is 262 g/mol. The lowest BCUT2D eigenvalue weighted by Gasteiger charge is -2.30. The van der Waals surface area contributed by atoms with E-state index in [0.29, 0.717) is 5.41 Å². The second kappa shape index (κ2) is 4.15. The molecular formula is C14H18BrN. The molecule has 1 nitrogen and oxygen atoms in total. The lowest BCUT2D eigenvalue weighted by atomic mass is 9.73. The van der Waals surface area contributed by atoms with E-state index in [1.807, 2.05) is 0 Å². The zero-order chi connectivity index (χ0) is 11.0. The van der Waals surface area contributed by atoms with E-state index in [-0.39, 0.29) is 0 Å². The van der Waals surface area contributed by atoms with Crippen molar-refractivity contribution in [3.05, 3.63) is 34.3 Å². The lowest BCUT2D eigenvalue weighted by molar-refractivity contribution is 0.295. The van der Waals surface area contributed by atoms with Crippen LogP contribution in [0.25, 0.3) is 0 Å². The van der Waals surface area contributed by atoms with E-state index in [2.05, 4.69) is 45.5 Å². The fourth-order valence-corrected chi connectivity index (χ4v) is 4.02. The summed E-state index contributed by atoms with van der Waals surface area (Å²) in [5, 5.41) is 3.61. The molecule has 1 spiro atoms. The Morgan fingerprint density at radius 3 is 2.81 bits per heavy atom. The van der Waals surface area contributed by atoms with Crippen molar-refractivity contribution in [2.45, 2.75) is 31.6 Å². The molecule has 2 fully saturated rings. The molecule has 0 unspecified atom stereocenters. The molecule has 2 heteroatoms. The van der Waals surface area contributed by atoms with E-state index in [4.69, 9.17) is 0 Å². The largest absolute Gasteiger partial charge is 0.316 e. The van der Waals surface area contributed by atoms with E-state index in [9.17, 15) is 0 Å². The van der Waals surface area contributed by atoms with Gasteiger partial charge in [-0.3, -0.25) is 0 Å². The third-order valence-corrected chi connectivity index (χ3v) is 4.91. The highest BCUT2D eigenvalue weighted by Gasteiger charge is 2.45. The Bertz CT molecular complexity index is 377. The van der Waals surface area contributed by atoms with Gasteiger partial charge in [-0.15, -0.1) is 0 Å². The van der Waals surface area contributed by atoms with Gasteiger partial charge in [0.1, 0.15) is 0 Å². The van der Waals surface area contributed by atoms with E-state index >= 15 is 0 Å². The fraction of sp³-hybridized carbons (Fsp3) is 0.571. The first-order valence-corrected chi connectivity index (χ1v) is 7.06. The summed E-state index contributed by atoms with van der Waals surface area (Å²) >= 11 is 3.59. The summed E-state index contributed by atoms with van der Waals surface area (Å²) in [5.74, 6) is 0.729. The number of hydrogen-bond acceptors (Lipinski definition) is 1. The third-order valence-electron chi connectivity index (χ3n) is 4.42. The second-order valence-corrected chi connectivity index (χ2v) is 6.22. The number of nitrogens with one attached hydrogen (secondary N) is 1. The van der Waals surface area contributed by atoms with Crippen LogP contribution < -0.4 is 5.32 Å². The van der Waals surface area contributed by atoms with Gasteiger partial charge in [0, 0.05) is 23.5 Å². The van der Waals surface area contributed by atoms with Crippen molar-refractivity contribution in [3.63, 3.8) is 0 Å². The SMILES string of the molecule is Brc1cccc([C@H]2CNCC23CCCC3)c1. The Morgan fingerprint density at radius 1 is 1.25 bits per heavy atom. The van der Waals surface area contributed by atoms with Crippen molar-refractivity contribution in [2.24, 2.45) is 5.41 Å². The monoisotopic (exact) mass is 279 g/mol. The van der Waals surface area contributed by atoms with Crippen LogP contribution in [0.5, 0.6) is 0 Å². The minimum absolute atomic E-state index is 0.570. The summed E-state index contributed by atoms with van der Waals surface area (Å²) < 4.78 is 1.21. The summed E-state index contributed by atoms with van der Waals surface area (Å²) in [6.45, 7) is 2.39. The minimum Gasteiger partial charge on any atom is -0.316 e. The van der Waals surface area contributed by atoms with Gasteiger partial charge < -0.3 is 5.32 Å². The van der Waals surface area contributed by atoms with Crippen LogP contribution >= 0.6 is 15.9 Å². The first-order chi connectivity index (χ1) is 7.80. The molecule has 1 aliphatic heterocycles. The van der Waals surface area contributed by atoms with Crippen LogP contribution in [0.3, 0.4) is 0 Å². The molecule has 1 N–H and O–H groups in total. The van der Waals surface area contributed by atoms with Crippen LogP contribution in [0, 0.1) is 5.41 Å². The normalized spacial score (nSPS) is 27.7. The van der Waals surface area contributed by atoms with Crippen LogP contribution in [0.2, 0.25) is 0 Å². The first-order valence-electron chi connectivity index (χ1n) is 6.26. The van der Waals surface area contributed by atoms with E-state index in [1.54, 1.807) is 0 Å². The van der Waals surface area contributed by atoms with Crippen LogP contribution in [-0.2, 0) is 0 Å². The summed E-state index contributed by atoms with van der Waals surface area (Å²) in [5.41, 5.74) is 2.09. The van der Waals surface area contributed by atoms with Gasteiger partial charge >= 0.3 is 0 Å². The van der Waals surface area contributed by atoms with Gasteiger partial charge in [0.25, 0.3) is 0 Å². The highest BCUT2D eigenvalue weighted by atomic mass is 79.9. The standard InChI is InChI=1S/C14H18BrN/c15-12-5-3-4-11(8-12)13-9-16-10-14(13)6-1-2-7-14/h3-5,8,13,16H,1-2,6-7,9-10H2/t13-/m1/s1. The number of halogens is 1. The topological polar surface area (TPSA) is 12.0 Å². The highest BCUT2D eigenvalue weighted by Crippen LogP contribution is 2.50. The lowest BCUT2D eigenvalue weighted by Crippen LogP contribution is -2.25. The predicted molar refractivity (Wildman–Crippen MR) is 70.7 cm³/mol. The zero-order valence-electron chi connectivity index (χ0n) is 9.51. The maximum Gasteiger partial charge on any atom is 0.0178 e. The Morgan fingerprint density at radius 2 is 2.06 bits per heavy atom. The van der Waals surface area contributed by atoms with Crippen LogP contribution in [-0.4, -0.2) is 13.1 Å². The average Bonchev–Trinajstić information content (AvgIpc) is 2.90. The van der Waals surface area contributed by atoms with E-state index in [1.165, 1.54) is 42.3 Å². The van der Waals surface area contributed by atoms with Crippen LogP contribution in [0.15, 0.2) is 28.7 Å². The molecule has 0 amide bonds. The van der Waals surface area contributed by atoms with Gasteiger partial charge in [0.2, 0.25) is 0 Å². The third kappa shape index (κ3) is 1.72. The maximum atomic E-state index is 3.61. The van der Waals surface area contributed by atoms with Crippen molar-refractivity contribution in [1.29, 1.82) is 0 Å². The molecule has 1 aromatic carbocycles. The van der Waals surface area contributed by atoms with Crippen LogP contribution in [0.4, 0.5) is 0 Å². The molecule has 1 atom stereocenters. The Labute approximate surface area is 106 Å².